The van der Waals surface area contributed by atoms with E-state index in [0.29, 0.717) is 28.4 Å². The lowest BCUT2D eigenvalue weighted by molar-refractivity contribution is 0.0954. The monoisotopic (exact) mass is 440 g/mol. The number of rotatable bonds is 6. The van der Waals surface area contributed by atoms with Crippen molar-refractivity contribution in [2.75, 3.05) is 21.3 Å². The van der Waals surface area contributed by atoms with Crippen LogP contribution in [-0.2, 0) is 0 Å². The van der Waals surface area contributed by atoms with E-state index < -0.39 is 0 Å². The highest BCUT2D eigenvalue weighted by molar-refractivity contribution is 14.1. The van der Waals surface area contributed by atoms with Crippen LogP contribution in [0.5, 0.6) is 17.2 Å². The molecule has 0 heterocycles. The standard InChI is InChI=1S/C17H17IN2O4/c1-22-14-8-11(9-15(23-2)16(14)24-3)10-19-20-17(21)12-6-4-5-7-13(12)18/h4-10H,1-3H3,(H,20,21)/b19-10-. The molecule has 2 aromatic carbocycles. The molecule has 0 radical (unpaired) electrons. The molecular weight excluding hydrogens is 423 g/mol. The average Bonchev–Trinajstić information content (AvgIpc) is 2.60. The Labute approximate surface area is 153 Å². The molecule has 1 amide bonds. The van der Waals surface area contributed by atoms with E-state index in [-0.39, 0.29) is 5.91 Å². The molecule has 0 bridgehead atoms. The number of hydrogen-bond donors (Lipinski definition) is 1. The summed E-state index contributed by atoms with van der Waals surface area (Å²) in [7, 11) is 4.62. The Morgan fingerprint density at radius 3 is 2.25 bits per heavy atom. The summed E-state index contributed by atoms with van der Waals surface area (Å²) in [6.07, 6.45) is 1.51. The van der Waals surface area contributed by atoms with E-state index in [4.69, 9.17) is 14.2 Å². The van der Waals surface area contributed by atoms with Gasteiger partial charge in [-0.3, -0.25) is 4.79 Å². The van der Waals surface area contributed by atoms with Crippen LogP contribution in [0.25, 0.3) is 0 Å². The summed E-state index contributed by atoms with van der Waals surface area (Å²) < 4.78 is 16.7. The molecule has 0 aliphatic rings. The lowest BCUT2D eigenvalue weighted by Crippen LogP contribution is -2.18. The Kier molecular flexibility index (Phi) is 6.42. The van der Waals surface area contributed by atoms with E-state index >= 15 is 0 Å². The van der Waals surface area contributed by atoms with Crippen molar-refractivity contribution in [3.63, 3.8) is 0 Å². The molecule has 7 heteroatoms. The third-order valence-electron chi connectivity index (χ3n) is 3.19. The van der Waals surface area contributed by atoms with Gasteiger partial charge >= 0.3 is 0 Å². The fourth-order valence-corrected chi connectivity index (χ4v) is 2.68. The lowest BCUT2D eigenvalue weighted by atomic mass is 10.2. The molecule has 6 nitrogen and oxygen atoms in total. The summed E-state index contributed by atoms with van der Waals surface area (Å²) in [5.74, 6) is 1.26. The maximum absolute atomic E-state index is 12.1. The van der Waals surface area contributed by atoms with Gasteiger partial charge in [-0.25, -0.2) is 5.43 Å². The largest absolute Gasteiger partial charge is 0.493 e. The zero-order valence-electron chi connectivity index (χ0n) is 13.5. The van der Waals surface area contributed by atoms with Gasteiger partial charge in [0.1, 0.15) is 0 Å². The van der Waals surface area contributed by atoms with Crippen LogP contribution in [0.1, 0.15) is 15.9 Å². The molecule has 0 aromatic heterocycles. The third-order valence-corrected chi connectivity index (χ3v) is 4.13. The molecule has 1 N–H and O–H groups in total. The number of benzene rings is 2. The minimum atomic E-state index is -0.274. The normalized spacial score (nSPS) is 10.5. The number of hydrazone groups is 1. The third kappa shape index (κ3) is 4.16. The van der Waals surface area contributed by atoms with Crippen molar-refractivity contribution < 1.29 is 19.0 Å². The molecule has 0 atom stereocenters. The number of methoxy groups -OCH3 is 3. The van der Waals surface area contributed by atoms with Gasteiger partial charge in [-0.05, 0) is 46.9 Å². The van der Waals surface area contributed by atoms with Crippen molar-refractivity contribution in [1.82, 2.24) is 5.43 Å². The van der Waals surface area contributed by atoms with Crippen molar-refractivity contribution in [2.45, 2.75) is 0 Å². The maximum atomic E-state index is 12.1. The molecule has 0 fully saturated rings. The van der Waals surface area contributed by atoms with E-state index in [1.54, 1.807) is 24.3 Å². The molecule has 0 unspecified atom stereocenters. The smallest absolute Gasteiger partial charge is 0.272 e. The van der Waals surface area contributed by atoms with Gasteiger partial charge in [-0.1, -0.05) is 12.1 Å². The molecule has 126 valence electrons. The minimum absolute atomic E-state index is 0.274. The van der Waals surface area contributed by atoms with Crippen molar-refractivity contribution in [3.8, 4) is 17.2 Å². The van der Waals surface area contributed by atoms with Crippen LogP contribution in [-0.4, -0.2) is 33.5 Å². The van der Waals surface area contributed by atoms with Crippen LogP contribution in [0.4, 0.5) is 0 Å². The summed E-state index contributed by atoms with van der Waals surface area (Å²) >= 11 is 2.11. The van der Waals surface area contributed by atoms with Crippen molar-refractivity contribution in [3.05, 3.63) is 51.1 Å². The number of carbonyl (C=O) groups is 1. The first-order valence-electron chi connectivity index (χ1n) is 6.98. The molecule has 0 aliphatic carbocycles. The molecule has 2 aromatic rings. The summed E-state index contributed by atoms with van der Waals surface area (Å²) in [5.41, 5.74) is 3.78. The summed E-state index contributed by atoms with van der Waals surface area (Å²) in [4.78, 5) is 12.1. The van der Waals surface area contributed by atoms with Crippen molar-refractivity contribution in [1.29, 1.82) is 0 Å². The van der Waals surface area contributed by atoms with E-state index in [9.17, 15) is 4.79 Å². The van der Waals surface area contributed by atoms with Gasteiger partial charge in [-0.2, -0.15) is 5.10 Å². The Morgan fingerprint density at radius 1 is 1.08 bits per heavy atom. The van der Waals surface area contributed by atoms with Gasteiger partial charge in [0.2, 0.25) is 5.75 Å². The van der Waals surface area contributed by atoms with Crippen molar-refractivity contribution >= 4 is 34.7 Å². The number of halogens is 1. The topological polar surface area (TPSA) is 69.2 Å². The Hall–Kier alpha value is -2.29. The predicted octanol–water partition coefficient (Wildman–Crippen LogP) is 3.08. The zero-order valence-corrected chi connectivity index (χ0v) is 15.7. The number of hydrogen-bond acceptors (Lipinski definition) is 5. The first kappa shape index (κ1) is 18.1. The van der Waals surface area contributed by atoms with Crippen LogP contribution in [0, 0.1) is 3.57 Å². The molecular formula is C17H17IN2O4. The van der Waals surface area contributed by atoms with Crippen LogP contribution in [0.15, 0.2) is 41.5 Å². The zero-order chi connectivity index (χ0) is 17.5. The highest BCUT2D eigenvalue weighted by Gasteiger charge is 2.12. The van der Waals surface area contributed by atoms with Gasteiger partial charge < -0.3 is 14.2 Å². The molecule has 0 saturated heterocycles. The quantitative estimate of drug-likeness (QED) is 0.426. The fourth-order valence-electron chi connectivity index (χ4n) is 2.05. The van der Waals surface area contributed by atoms with Gasteiger partial charge in [0.15, 0.2) is 11.5 Å². The van der Waals surface area contributed by atoms with E-state index in [2.05, 4.69) is 33.1 Å². The van der Waals surface area contributed by atoms with Crippen LogP contribution < -0.4 is 19.6 Å². The van der Waals surface area contributed by atoms with Crippen LogP contribution in [0.2, 0.25) is 0 Å². The SMILES string of the molecule is COc1cc(/C=N\NC(=O)c2ccccc2I)cc(OC)c1OC. The molecule has 2 rings (SSSR count). The van der Waals surface area contributed by atoms with Gasteiger partial charge in [0.25, 0.3) is 5.91 Å². The number of nitrogens with one attached hydrogen (secondary N) is 1. The number of ether oxygens (including phenoxy) is 3. The first-order valence-corrected chi connectivity index (χ1v) is 8.06. The Bertz CT molecular complexity index is 737. The van der Waals surface area contributed by atoms with Crippen LogP contribution in [0.3, 0.4) is 0 Å². The second-order valence-electron chi connectivity index (χ2n) is 4.64. The predicted molar refractivity (Wildman–Crippen MR) is 100 cm³/mol. The average molecular weight is 440 g/mol. The maximum Gasteiger partial charge on any atom is 0.272 e. The van der Waals surface area contributed by atoms with Crippen molar-refractivity contribution in [2.24, 2.45) is 5.10 Å². The van der Waals surface area contributed by atoms with E-state index in [0.717, 1.165) is 3.57 Å². The second-order valence-corrected chi connectivity index (χ2v) is 5.80. The lowest BCUT2D eigenvalue weighted by Gasteiger charge is -2.12. The molecule has 0 saturated carbocycles. The summed E-state index contributed by atoms with van der Waals surface area (Å²) in [6.45, 7) is 0. The van der Waals surface area contributed by atoms with Gasteiger partial charge in [0, 0.05) is 9.13 Å². The highest BCUT2D eigenvalue weighted by atomic mass is 127. The van der Waals surface area contributed by atoms with E-state index in [1.165, 1.54) is 27.5 Å². The van der Waals surface area contributed by atoms with Gasteiger partial charge in [0.05, 0.1) is 33.1 Å². The summed E-state index contributed by atoms with van der Waals surface area (Å²) in [6, 6.07) is 10.8. The molecule has 24 heavy (non-hydrogen) atoms. The first-order chi connectivity index (χ1) is 11.6. The molecule has 0 aliphatic heterocycles. The highest BCUT2D eigenvalue weighted by Crippen LogP contribution is 2.37. The second kappa shape index (κ2) is 8.53. The number of amides is 1. The Morgan fingerprint density at radius 2 is 1.71 bits per heavy atom. The fraction of sp³-hybridized carbons (Fsp3) is 0.176. The van der Waals surface area contributed by atoms with E-state index in [1.807, 2.05) is 12.1 Å². The molecule has 0 spiro atoms. The number of carbonyl (C=O) groups excluding carboxylic acids is 1. The van der Waals surface area contributed by atoms with Crippen LogP contribution >= 0.6 is 22.6 Å². The summed E-state index contributed by atoms with van der Waals surface area (Å²) in [5, 5.41) is 3.99. The minimum Gasteiger partial charge on any atom is -0.493 e. The Balaban J connectivity index is 2.17. The number of nitrogens with zero attached hydrogens (tertiary/aromatic N) is 1. The van der Waals surface area contributed by atoms with Gasteiger partial charge in [-0.15, -0.1) is 0 Å².